The van der Waals surface area contributed by atoms with Gasteiger partial charge in [-0.3, -0.25) is 4.79 Å². The number of benzene rings is 1. The molecular weight excluding hydrogens is 276 g/mol. The van der Waals surface area contributed by atoms with Gasteiger partial charge in [-0.15, -0.1) is 0 Å². The number of methoxy groups -OCH3 is 1. The van der Waals surface area contributed by atoms with Crippen LogP contribution in [0.1, 0.15) is 45.2 Å². The number of hydrogen-bond donors (Lipinski definition) is 1. The minimum atomic E-state index is 0.0674. The first-order chi connectivity index (χ1) is 10.6. The lowest BCUT2D eigenvalue weighted by Crippen LogP contribution is -2.44. The average Bonchev–Trinajstić information content (AvgIpc) is 2.55. The first kappa shape index (κ1) is 16.8. The molecule has 1 amide bonds. The lowest BCUT2D eigenvalue weighted by molar-refractivity contribution is -0.138. The molecule has 0 bridgehead atoms. The number of carbonyl (C=O) groups is 1. The van der Waals surface area contributed by atoms with E-state index in [1.165, 1.54) is 0 Å². The van der Waals surface area contributed by atoms with Crippen molar-refractivity contribution in [3.63, 3.8) is 0 Å². The zero-order valence-electron chi connectivity index (χ0n) is 14.1. The number of nitrogens with zero attached hydrogens (tertiary/aromatic N) is 1. The fourth-order valence-corrected chi connectivity index (χ4v) is 3.29. The Morgan fingerprint density at radius 2 is 2.27 bits per heavy atom. The molecule has 22 heavy (non-hydrogen) atoms. The van der Waals surface area contributed by atoms with E-state index in [1.54, 1.807) is 7.11 Å². The van der Waals surface area contributed by atoms with Crippen molar-refractivity contribution in [1.82, 2.24) is 10.2 Å². The summed E-state index contributed by atoms with van der Waals surface area (Å²) in [5.41, 5.74) is 1.12. The van der Waals surface area contributed by atoms with Crippen LogP contribution in [0.2, 0.25) is 0 Å². The van der Waals surface area contributed by atoms with E-state index in [-0.39, 0.29) is 17.9 Å². The number of nitrogens with one attached hydrogen (secondary N) is 1. The smallest absolute Gasteiger partial charge is 0.226 e. The van der Waals surface area contributed by atoms with Crippen LogP contribution >= 0.6 is 0 Å². The van der Waals surface area contributed by atoms with Gasteiger partial charge in [-0.05, 0) is 57.9 Å². The maximum absolute atomic E-state index is 12.9. The summed E-state index contributed by atoms with van der Waals surface area (Å²) >= 11 is 0. The Morgan fingerprint density at radius 3 is 2.91 bits per heavy atom. The van der Waals surface area contributed by atoms with Crippen molar-refractivity contribution in [2.75, 3.05) is 20.2 Å². The maximum atomic E-state index is 12.9. The van der Waals surface area contributed by atoms with Gasteiger partial charge in [-0.25, -0.2) is 0 Å². The molecule has 0 saturated carbocycles. The second kappa shape index (κ2) is 7.63. The van der Waals surface area contributed by atoms with Gasteiger partial charge >= 0.3 is 0 Å². The van der Waals surface area contributed by atoms with Crippen molar-refractivity contribution < 1.29 is 9.53 Å². The minimum absolute atomic E-state index is 0.0674. The monoisotopic (exact) mass is 304 g/mol. The van der Waals surface area contributed by atoms with Crippen molar-refractivity contribution in [3.8, 4) is 5.75 Å². The van der Waals surface area contributed by atoms with Crippen LogP contribution in [-0.2, 0) is 4.79 Å². The second-order valence-corrected chi connectivity index (χ2v) is 6.15. The van der Waals surface area contributed by atoms with Gasteiger partial charge in [0.2, 0.25) is 5.91 Å². The lowest BCUT2D eigenvalue weighted by Gasteiger charge is -2.35. The fourth-order valence-electron chi connectivity index (χ4n) is 3.29. The van der Waals surface area contributed by atoms with Crippen LogP contribution in [0.15, 0.2) is 24.3 Å². The van der Waals surface area contributed by atoms with Crippen molar-refractivity contribution in [2.45, 2.75) is 45.7 Å². The summed E-state index contributed by atoms with van der Waals surface area (Å²) in [7, 11) is 1.67. The van der Waals surface area contributed by atoms with E-state index in [0.29, 0.717) is 6.04 Å². The summed E-state index contributed by atoms with van der Waals surface area (Å²) in [5.74, 6) is 1.26. The van der Waals surface area contributed by atoms with Crippen molar-refractivity contribution in [1.29, 1.82) is 0 Å². The summed E-state index contributed by atoms with van der Waals surface area (Å²) in [4.78, 5) is 14.9. The number of ether oxygens (including phenoxy) is 1. The molecule has 122 valence electrons. The van der Waals surface area contributed by atoms with E-state index in [4.69, 9.17) is 4.74 Å². The average molecular weight is 304 g/mol. The molecule has 0 aromatic heterocycles. The molecule has 0 radical (unpaired) electrons. The Labute approximate surface area is 133 Å². The number of hydrogen-bond acceptors (Lipinski definition) is 3. The van der Waals surface area contributed by atoms with E-state index in [2.05, 4.69) is 32.2 Å². The van der Waals surface area contributed by atoms with E-state index in [1.807, 2.05) is 23.1 Å². The lowest BCUT2D eigenvalue weighted by atomic mass is 9.91. The number of carbonyl (C=O) groups excluding carboxylic acids is 1. The van der Waals surface area contributed by atoms with Crippen molar-refractivity contribution in [3.05, 3.63) is 29.8 Å². The summed E-state index contributed by atoms with van der Waals surface area (Å²) in [6.07, 6.45) is 1.87. The maximum Gasteiger partial charge on any atom is 0.226 e. The molecule has 1 aromatic rings. The number of rotatable bonds is 5. The van der Waals surface area contributed by atoms with Gasteiger partial charge in [0.05, 0.1) is 13.2 Å². The quantitative estimate of drug-likeness (QED) is 0.909. The highest BCUT2D eigenvalue weighted by atomic mass is 16.5. The standard InChI is InChI=1S/C18H28N2O2/c1-5-20(18(21)16-9-10-19-13(2)11-16)14(3)15-7-6-8-17(12-15)22-4/h6-8,12-14,16,19H,5,9-11H2,1-4H3/t13-,14?,16-/m0/s1. The van der Waals surface area contributed by atoms with Gasteiger partial charge in [-0.1, -0.05) is 12.1 Å². The highest BCUT2D eigenvalue weighted by Gasteiger charge is 2.30. The Kier molecular flexibility index (Phi) is 5.83. The molecule has 0 spiro atoms. The highest BCUT2D eigenvalue weighted by Crippen LogP contribution is 2.27. The Balaban J connectivity index is 2.13. The molecular formula is C18H28N2O2. The van der Waals surface area contributed by atoms with Crippen LogP contribution in [0.5, 0.6) is 5.75 Å². The zero-order chi connectivity index (χ0) is 16.1. The molecule has 2 rings (SSSR count). The van der Waals surface area contributed by atoms with E-state index >= 15 is 0 Å². The predicted molar refractivity (Wildman–Crippen MR) is 89.0 cm³/mol. The van der Waals surface area contributed by atoms with E-state index < -0.39 is 0 Å². The summed E-state index contributed by atoms with van der Waals surface area (Å²) < 4.78 is 5.30. The Bertz CT molecular complexity index is 504. The molecule has 1 N–H and O–H groups in total. The Morgan fingerprint density at radius 1 is 1.50 bits per heavy atom. The largest absolute Gasteiger partial charge is 0.497 e. The van der Waals surface area contributed by atoms with Gasteiger partial charge in [-0.2, -0.15) is 0 Å². The van der Waals surface area contributed by atoms with Crippen LogP contribution in [0.4, 0.5) is 0 Å². The molecule has 1 aromatic carbocycles. The molecule has 0 aliphatic carbocycles. The molecule has 3 atom stereocenters. The normalized spacial score (nSPS) is 22.9. The predicted octanol–water partition coefficient (Wildman–Crippen LogP) is 2.99. The van der Waals surface area contributed by atoms with Gasteiger partial charge in [0.15, 0.2) is 0 Å². The third-order valence-electron chi connectivity index (χ3n) is 4.64. The van der Waals surface area contributed by atoms with Crippen LogP contribution in [-0.4, -0.2) is 37.0 Å². The summed E-state index contributed by atoms with van der Waals surface area (Å²) in [6.45, 7) is 7.97. The number of piperidine rings is 1. The van der Waals surface area contributed by atoms with Crippen LogP contribution in [0, 0.1) is 5.92 Å². The van der Waals surface area contributed by atoms with Crippen LogP contribution in [0.3, 0.4) is 0 Å². The van der Waals surface area contributed by atoms with Gasteiger partial charge < -0.3 is 15.0 Å². The summed E-state index contributed by atoms with van der Waals surface area (Å²) in [5, 5.41) is 3.41. The second-order valence-electron chi connectivity index (χ2n) is 6.15. The van der Waals surface area contributed by atoms with E-state index in [0.717, 1.165) is 37.2 Å². The first-order valence-corrected chi connectivity index (χ1v) is 8.24. The molecule has 1 aliphatic heterocycles. The Hall–Kier alpha value is -1.55. The molecule has 4 heteroatoms. The third-order valence-corrected chi connectivity index (χ3v) is 4.64. The third kappa shape index (κ3) is 3.80. The first-order valence-electron chi connectivity index (χ1n) is 8.24. The molecule has 1 saturated heterocycles. The van der Waals surface area contributed by atoms with Crippen molar-refractivity contribution in [2.24, 2.45) is 5.92 Å². The molecule has 1 heterocycles. The van der Waals surface area contributed by atoms with Gasteiger partial charge in [0.25, 0.3) is 0 Å². The number of amides is 1. The fraction of sp³-hybridized carbons (Fsp3) is 0.611. The molecule has 1 fully saturated rings. The minimum Gasteiger partial charge on any atom is -0.497 e. The topological polar surface area (TPSA) is 41.6 Å². The zero-order valence-corrected chi connectivity index (χ0v) is 14.1. The summed E-state index contributed by atoms with van der Waals surface area (Å²) in [6, 6.07) is 8.49. The van der Waals surface area contributed by atoms with Crippen molar-refractivity contribution >= 4 is 5.91 Å². The van der Waals surface area contributed by atoms with Crippen LogP contribution < -0.4 is 10.1 Å². The highest BCUT2D eigenvalue weighted by molar-refractivity contribution is 5.79. The SMILES string of the molecule is CCN(C(=O)[C@H]1CCN[C@@H](C)C1)C(C)c1cccc(OC)c1. The van der Waals surface area contributed by atoms with Gasteiger partial charge in [0.1, 0.15) is 5.75 Å². The van der Waals surface area contributed by atoms with E-state index in [9.17, 15) is 4.79 Å². The molecule has 1 aliphatic rings. The molecule has 4 nitrogen and oxygen atoms in total. The van der Waals surface area contributed by atoms with Gasteiger partial charge in [0, 0.05) is 18.5 Å². The van der Waals surface area contributed by atoms with Crippen LogP contribution in [0.25, 0.3) is 0 Å². The molecule has 1 unspecified atom stereocenters.